The van der Waals surface area contributed by atoms with Crippen LogP contribution in [0, 0.1) is 0 Å². The van der Waals surface area contributed by atoms with Crippen molar-refractivity contribution in [3.63, 3.8) is 0 Å². The van der Waals surface area contributed by atoms with Crippen LogP contribution in [-0.4, -0.2) is 19.2 Å². The molecule has 0 spiro atoms. The van der Waals surface area contributed by atoms with E-state index in [0.717, 1.165) is 10.9 Å². The Kier molecular flexibility index (Phi) is 3.46. The molecule has 3 rings (SSSR count). The van der Waals surface area contributed by atoms with E-state index in [0.29, 0.717) is 11.3 Å². The second-order valence-corrected chi connectivity index (χ2v) is 6.62. The Balaban J connectivity index is 2.02. The highest BCUT2D eigenvalue weighted by molar-refractivity contribution is 7.92. The maximum absolute atomic E-state index is 12.5. The van der Waals surface area contributed by atoms with Crippen molar-refractivity contribution in [3.05, 3.63) is 60.3 Å². The van der Waals surface area contributed by atoms with Crippen molar-refractivity contribution in [3.8, 4) is 0 Å². The van der Waals surface area contributed by atoms with Gasteiger partial charge in [0.15, 0.2) is 5.78 Å². The van der Waals surface area contributed by atoms with Crippen LogP contribution in [0.3, 0.4) is 0 Å². The van der Waals surface area contributed by atoms with E-state index >= 15 is 0 Å². The van der Waals surface area contributed by atoms with E-state index in [9.17, 15) is 13.2 Å². The molecule has 0 aliphatic carbocycles. The van der Waals surface area contributed by atoms with E-state index in [4.69, 9.17) is 0 Å². The minimum Gasteiger partial charge on any atom is -0.361 e. The summed E-state index contributed by atoms with van der Waals surface area (Å²) in [6.45, 7) is 1.40. The molecule has 0 fully saturated rings. The summed E-state index contributed by atoms with van der Waals surface area (Å²) in [5.74, 6) is -0.176. The number of rotatable bonds is 4. The van der Waals surface area contributed by atoms with Crippen LogP contribution < -0.4 is 4.72 Å². The van der Waals surface area contributed by atoms with Gasteiger partial charge in [0.1, 0.15) is 0 Å². The third-order valence-corrected chi connectivity index (χ3v) is 4.75. The van der Waals surface area contributed by atoms with Crippen molar-refractivity contribution in [2.24, 2.45) is 0 Å². The van der Waals surface area contributed by atoms with Gasteiger partial charge in [0, 0.05) is 22.7 Å². The second-order valence-electron chi connectivity index (χ2n) is 4.93. The molecule has 1 heterocycles. The van der Waals surface area contributed by atoms with Gasteiger partial charge in [-0.1, -0.05) is 18.2 Å². The summed E-state index contributed by atoms with van der Waals surface area (Å²) in [7, 11) is -3.75. The highest BCUT2D eigenvalue weighted by atomic mass is 32.2. The first-order valence-corrected chi connectivity index (χ1v) is 8.15. The number of anilines is 1. The predicted octanol–water partition coefficient (Wildman–Crippen LogP) is 3.17. The molecule has 112 valence electrons. The van der Waals surface area contributed by atoms with Crippen LogP contribution in [0.25, 0.3) is 10.9 Å². The molecule has 0 saturated carbocycles. The van der Waals surface area contributed by atoms with Crippen molar-refractivity contribution in [1.29, 1.82) is 0 Å². The number of fused-ring (bicyclic) bond motifs is 1. The Morgan fingerprint density at radius 2 is 1.86 bits per heavy atom. The fourth-order valence-corrected chi connectivity index (χ4v) is 3.39. The number of nitrogens with one attached hydrogen (secondary N) is 2. The smallest absolute Gasteiger partial charge is 0.261 e. The summed E-state index contributed by atoms with van der Waals surface area (Å²) in [5.41, 5.74) is 1.70. The first-order valence-electron chi connectivity index (χ1n) is 6.67. The quantitative estimate of drug-likeness (QED) is 0.726. The molecular formula is C16H14N2O3S. The van der Waals surface area contributed by atoms with Gasteiger partial charge in [-0.15, -0.1) is 0 Å². The van der Waals surface area contributed by atoms with Crippen molar-refractivity contribution < 1.29 is 13.2 Å². The molecule has 1 aromatic heterocycles. The average Bonchev–Trinajstić information content (AvgIpc) is 2.97. The molecule has 2 aromatic carbocycles. The normalized spacial score (nSPS) is 11.5. The van der Waals surface area contributed by atoms with E-state index in [-0.39, 0.29) is 10.7 Å². The summed E-state index contributed by atoms with van der Waals surface area (Å²) in [6.07, 6.45) is 1.75. The zero-order valence-corrected chi connectivity index (χ0v) is 12.6. The lowest BCUT2D eigenvalue weighted by Gasteiger charge is -2.10. The Morgan fingerprint density at radius 1 is 1.09 bits per heavy atom. The topological polar surface area (TPSA) is 79.0 Å². The Bertz CT molecular complexity index is 958. The van der Waals surface area contributed by atoms with Crippen molar-refractivity contribution in [2.45, 2.75) is 11.8 Å². The number of hydrogen-bond donors (Lipinski definition) is 2. The van der Waals surface area contributed by atoms with E-state index in [1.54, 1.807) is 36.5 Å². The number of Topliss-reactive ketones (excluding diaryl/α,β-unsaturated/α-hetero) is 1. The van der Waals surface area contributed by atoms with Crippen molar-refractivity contribution in [1.82, 2.24) is 4.98 Å². The zero-order chi connectivity index (χ0) is 15.7. The number of H-pyrrole nitrogens is 1. The lowest BCUT2D eigenvalue weighted by molar-refractivity contribution is 0.101. The third kappa shape index (κ3) is 2.60. The Hall–Kier alpha value is -2.60. The van der Waals surface area contributed by atoms with E-state index in [2.05, 4.69) is 9.71 Å². The average molecular weight is 314 g/mol. The monoisotopic (exact) mass is 314 g/mol. The molecule has 0 aliphatic rings. The third-order valence-electron chi connectivity index (χ3n) is 3.39. The minimum absolute atomic E-state index is 0.0627. The molecule has 5 nitrogen and oxygen atoms in total. The molecule has 0 aliphatic heterocycles. The maximum Gasteiger partial charge on any atom is 0.261 e. The van der Waals surface area contributed by atoms with Gasteiger partial charge < -0.3 is 4.98 Å². The standard InChI is InChI=1S/C16H14N2O3S/c1-11(19)12-4-2-5-13(10-12)22(20,21)18-16-7-3-6-15-14(16)8-9-17-15/h2-10,17-18H,1H3. The zero-order valence-electron chi connectivity index (χ0n) is 11.8. The van der Waals surface area contributed by atoms with Crippen LogP contribution in [-0.2, 0) is 10.0 Å². The molecule has 0 atom stereocenters. The Labute approximate surface area is 128 Å². The van der Waals surface area contributed by atoms with E-state index in [1.807, 2.05) is 6.07 Å². The van der Waals surface area contributed by atoms with Crippen LogP contribution in [0.4, 0.5) is 5.69 Å². The fraction of sp³-hybridized carbons (Fsp3) is 0.0625. The van der Waals surface area contributed by atoms with Crippen LogP contribution in [0.1, 0.15) is 17.3 Å². The number of hydrogen-bond acceptors (Lipinski definition) is 3. The number of benzene rings is 2. The van der Waals surface area contributed by atoms with E-state index in [1.165, 1.54) is 19.1 Å². The van der Waals surface area contributed by atoms with Crippen molar-refractivity contribution in [2.75, 3.05) is 4.72 Å². The molecule has 2 N–H and O–H groups in total. The fourth-order valence-electron chi connectivity index (χ4n) is 2.26. The highest BCUT2D eigenvalue weighted by Crippen LogP contribution is 2.25. The number of ketones is 1. The number of carbonyl (C=O) groups is 1. The summed E-state index contributed by atoms with van der Waals surface area (Å²) in [5, 5.41) is 0.786. The van der Waals surface area contributed by atoms with Gasteiger partial charge in [0.25, 0.3) is 10.0 Å². The first kappa shape index (κ1) is 14.3. The molecule has 0 bridgehead atoms. The molecular weight excluding hydrogens is 300 g/mol. The van der Waals surface area contributed by atoms with Gasteiger partial charge in [0.2, 0.25) is 0 Å². The molecule has 0 radical (unpaired) electrons. The van der Waals surface area contributed by atoms with Gasteiger partial charge >= 0.3 is 0 Å². The van der Waals surface area contributed by atoms with Gasteiger partial charge in [-0.3, -0.25) is 9.52 Å². The summed E-state index contributed by atoms with van der Waals surface area (Å²) in [6, 6.07) is 13.1. The number of carbonyl (C=O) groups excluding carboxylic acids is 1. The molecule has 0 unspecified atom stereocenters. The lowest BCUT2D eigenvalue weighted by atomic mass is 10.2. The van der Waals surface area contributed by atoms with Gasteiger partial charge in [-0.25, -0.2) is 8.42 Å². The SMILES string of the molecule is CC(=O)c1cccc(S(=O)(=O)Nc2cccc3[nH]ccc23)c1. The lowest BCUT2D eigenvalue weighted by Crippen LogP contribution is -2.13. The molecule has 22 heavy (non-hydrogen) atoms. The second kappa shape index (κ2) is 5.31. The number of aromatic nitrogens is 1. The van der Waals surface area contributed by atoms with E-state index < -0.39 is 10.0 Å². The first-order chi connectivity index (χ1) is 10.5. The van der Waals surface area contributed by atoms with Crippen LogP contribution in [0.15, 0.2) is 59.6 Å². The van der Waals surface area contributed by atoms with Crippen LogP contribution in [0.2, 0.25) is 0 Å². The number of sulfonamides is 1. The maximum atomic E-state index is 12.5. The van der Waals surface area contributed by atoms with Gasteiger partial charge in [-0.2, -0.15) is 0 Å². The molecule has 0 amide bonds. The van der Waals surface area contributed by atoms with Crippen LogP contribution in [0.5, 0.6) is 0 Å². The summed E-state index contributed by atoms with van der Waals surface area (Å²) >= 11 is 0. The molecule has 6 heteroatoms. The Morgan fingerprint density at radius 3 is 2.64 bits per heavy atom. The van der Waals surface area contributed by atoms with Crippen LogP contribution >= 0.6 is 0 Å². The molecule has 0 saturated heterocycles. The van der Waals surface area contributed by atoms with Gasteiger partial charge in [-0.05, 0) is 37.3 Å². The summed E-state index contributed by atoms with van der Waals surface area (Å²) < 4.78 is 27.6. The number of aromatic amines is 1. The largest absolute Gasteiger partial charge is 0.361 e. The summed E-state index contributed by atoms with van der Waals surface area (Å²) in [4.78, 5) is 14.5. The predicted molar refractivity (Wildman–Crippen MR) is 85.6 cm³/mol. The minimum atomic E-state index is -3.75. The molecule has 3 aromatic rings. The van der Waals surface area contributed by atoms with Crippen molar-refractivity contribution >= 4 is 32.4 Å². The highest BCUT2D eigenvalue weighted by Gasteiger charge is 2.16. The van der Waals surface area contributed by atoms with Gasteiger partial charge in [0.05, 0.1) is 10.6 Å².